The van der Waals surface area contributed by atoms with Gasteiger partial charge in [0.15, 0.2) is 0 Å². The zero-order valence-electron chi connectivity index (χ0n) is 34.4. The summed E-state index contributed by atoms with van der Waals surface area (Å²) in [5.74, 6) is 4.87. The van der Waals surface area contributed by atoms with Gasteiger partial charge in [0, 0.05) is 80.6 Å². The molecule has 8 aromatic carbocycles. The molecule has 2 aliphatic rings. The summed E-state index contributed by atoms with van der Waals surface area (Å²) in [4.78, 5) is 4.82. The van der Waals surface area contributed by atoms with E-state index in [-0.39, 0.29) is 44.8 Å². The second-order valence-electron chi connectivity index (χ2n) is 15.0. The molecule has 2 aliphatic carbocycles. The van der Waals surface area contributed by atoms with Gasteiger partial charge in [-0.2, -0.15) is 0 Å². The molecule has 4 heteroatoms. The molecule has 0 saturated carbocycles. The molecule has 0 bridgehead atoms. The van der Waals surface area contributed by atoms with Crippen molar-refractivity contribution in [3.63, 3.8) is 0 Å². The van der Waals surface area contributed by atoms with Gasteiger partial charge in [-0.15, -0.1) is 35.4 Å². The van der Waals surface area contributed by atoms with E-state index in [0.29, 0.717) is 0 Å². The van der Waals surface area contributed by atoms with Crippen LogP contribution in [0.15, 0.2) is 206 Å². The summed E-state index contributed by atoms with van der Waals surface area (Å²) in [7, 11) is 0. The molecule has 62 heavy (non-hydrogen) atoms. The number of fused-ring (bicyclic) bond motifs is 6. The van der Waals surface area contributed by atoms with E-state index in [9.17, 15) is 0 Å². The standard InChI is InChI=1S/C28H28N2.2C15H9.2Au/c1-5-15-25(16-6-1)29(26-17-7-2-8-18-26)23-13-14-24-30(27-19-9-3-10-20-27)28-21-11-4-12-22-28;2*1-2-11-7-8-15-13(9-11)10-12-5-3-4-6-14(12)15;;/h1-12,15-22H,13-14,23-24H2;2*3-9H,10H2;;/q;2*-1;;. The molecule has 0 fully saturated rings. The van der Waals surface area contributed by atoms with Crippen molar-refractivity contribution in [1.29, 1.82) is 0 Å². The summed E-state index contributed by atoms with van der Waals surface area (Å²) >= 11 is 0. The third-order valence-corrected chi connectivity index (χ3v) is 11.2. The Kier molecular flexibility index (Phi) is 16.7. The van der Waals surface area contributed by atoms with Crippen molar-refractivity contribution in [2.75, 3.05) is 22.9 Å². The molecular weight excluding hydrogens is 1120 g/mol. The van der Waals surface area contributed by atoms with Crippen molar-refractivity contribution in [2.24, 2.45) is 0 Å². The minimum Gasteiger partial charge on any atom is -0.366 e. The fourth-order valence-corrected chi connectivity index (χ4v) is 8.23. The van der Waals surface area contributed by atoms with Gasteiger partial charge in [0.05, 0.1) is 0 Å². The van der Waals surface area contributed by atoms with E-state index in [2.05, 4.69) is 216 Å². The van der Waals surface area contributed by atoms with Crippen molar-refractivity contribution in [3.05, 3.63) is 252 Å². The van der Waals surface area contributed by atoms with Gasteiger partial charge in [0.25, 0.3) is 0 Å². The molecule has 0 atom stereocenters. The Hall–Kier alpha value is -6.04. The van der Waals surface area contributed by atoms with Crippen molar-refractivity contribution >= 4 is 22.7 Å². The Morgan fingerprint density at radius 1 is 0.339 bits per heavy atom. The van der Waals surface area contributed by atoms with E-state index in [1.165, 1.54) is 67.3 Å². The van der Waals surface area contributed by atoms with Crippen LogP contribution in [0.3, 0.4) is 0 Å². The van der Waals surface area contributed by atoms with Crippen LogP contribution in [0.1, 0.15) is 46.2 Å². The predicted molar refractivity (Wildman–Crippen MR) is 251 cm³/mol. The molecule has 2 radical (unpaired) electrons. The van der Waals surface area contributed by atoms with Crippen LogP contribution >= 0.6 is 0 Å². The number of rotatable bonds is 9. The van der Waals surface area contributed by atoms with Crippen LogP contribution in [-0.2, 0) is 57.6 Å². The average molecular weight is 1160 g/mol. The van der Waals surface area contributed by atoms with E-state index in [4.69, 9.17) is 12.8 Å². The average Bonchev–Trinajstić information content (AvgIpc) is 3.89. The number of para-hydroxylation sites is 4. The molecule has 0 saturated heterocycles. The van der Waals surface area contributed by atoms with Crippen molar-refractivity contribution in [3.8, 4) is 34.1 Å². The van der Waals surface area contributed by atoms with Crippen LogP contribution in [-0.4, -0.2) is 13.1 Å². The molecule has 0 spiro atoms. The smallest absolute Gasteiger partial charge is 0.0410 e. The van der Waals surface area contributed by atoms with Gasteiger partial charge in [0.1, 0.15) is 0 Å². The summed E-state index contributed by atoms with van der Waals surface area (Å²) in [6.07, 6.45) is 18.4. The molecule has 0 aromatic heterocycles. The summed E-state index contributed by atoms with van der Waals surface area (Å²) < 4.78 is 0. The van der Waals surface area contributed by atoms with Crippen LogP contribution < -0.4 is 9.80 Å². The van der Waals surface area contributed by atoms with Crippen LogP contribution in [0.25, 0.3) is 22.3 Å². The van der Waals surface area contributed by atoms with E-state index in [1.54, 1.807) is 0 Å². The van der Waals surface area contributed by atoms with Crippen LogP contribution in [0, 0.1) is 24.7 Å². The number of hydrogen-bond donors (Lipinski definition) is 0. The third kappa shape index (κ3) is 11.1. The summed E-state index contributed by atoms with van der Waals surface area (Å²) in [6, 6.07) is 71.8. The minimum atomic E-state index is 0. The predicted octanol–water partition coefficient (Wildman–Crippen LogP) is 13.8. The van der Waals surface area contributed by atoms with Gasteiger partial charge in [-0.05, 0) is 108 Å². The second-order valence-corrected chi connectivity index (χ2v) is 15.0. The molecule has 8 aromatic rings. The van der Waals surface area contributed by atoms with Crippen LogP contribution in [0.5, 0.6) is 0 Å². The normalized spacial score (nSPS) is 10.7. The largest absolute Gasteiger partial charge is 0.366 e. The van der Waals surface area contributed by atoms with E-state index < -0.39 is 0 Å². The summed E-state index contributed by atoms with van der Waals surface area (Å²) in [5.41, 5.74) is 17.4. The number of hydrogen-bond acceptors (Lipinski definition) is 2. The first-order valence-corrected chi connectivity index (χ1v) is 20.7. The van der Waals surface area contributed by atoms with E-state index in [1.807, 2.05) is 12.1 Å². The minimum absolute atomic E-state index is 0. The van der Waals surface area contributed by atoms with Crippen LogP contribution in [0.4, 0.5) is 22.7 Å². The van der Waals surface area contributed by atoms with E-state index >= 15 is 0 Å². The fourth-order valence-electron chi connectivity index (χ4n) is 8.23. The van der Waals surface area contributed by atoms with Gasteiger partial charge in [-0.1, -0.05) is 145 Å². The Morgan fingerprint density at radius 2 is 0.629 bits per heavy atom. The molecule has 10 rings (SSSR count). The molecule has 0 heterocycles. The number of benzene rings is 8. The van der Waals surface area contributed by atoms with Crippen LogP contribution in [0.2, 0.25) is 0 Å². The maximum absolute atomic E-state index is 7.12. The molecule has 2 nitrogen and oxygen atoms in total. The third-order valence-electron chi connectivity index (χ3n) is 11.2. The SMILES string of the molecule is [Au].[Au].[C-]#Cc1ccc2c(c1)Cc1ccccc1-2.[C-]#Cc1ccc2c(c1)Cc1ccccc1-2.c1ccc(N(CCCCN(c2ccccc2)c2ccccc2)c2ccccc2)cc1. The Balaban J connectivity index is 0.000000168. The van der Waals surface area contributed by atoms with Crippen molar-refractivity contribution in [2.45, 2.75) is 25.7 Å². The second kappa shape index (κ2) is 22.7. The number of nitrogens with zero attached hydrogens (tertiary/aromatic N) is 2. The van der Waals surface area contributed by atoms with E-state index in [0.717, 1.165) is 49.9 Å². The topological polar surface area (TPSA) is 6.48 Å². The molecule has 0 amide bonds. The molecular formula is C58H46Au2N2-2. The monoisotopic (exact) mass is 1160 g/mol. The maximum atomic E-state index is 7.12. The summed E-state index contributed by atoms with van der Waals surface area (Å²) in [6.45, 7) is 1.98. The van der Waals surface area contributed by atoms with Crippen molar-refractivity contribution in [1.82, 2.24) is 0 Å². The number of unbranched alkanes of at least 4 members (excludes halogenated alkanes) is 1. The van der Waals surface area contributed by atoms with Gasteiger partial charge in [0.2, 0.25) is 0 Å². The number of anilines is 4. The zero-order chi connectivity index (χ0) is 40.9. The first-order valence-electron chi connectivity index (χ1n) is 20.7. The first-order chi connectivity index (χ1) is 29.7. The van der Waals surface area contributed by atoms with Crippen molar-refractivity contribution < 1.29 is 44.8 Å². The van der Waals surface area contributed by atoms with Gasteiger partial charge >= 0.3 is 0 Å². The fraction of sp³-hybridized carbons (Fsp3) is 0.103. The van der Waals surface area contributed by atoms with Gasteiger partial charge in [-0.3, -0.25) is 11.8 Å². The Labute approximate surface area is 399 Å². The first kappa shape index (κ1) is 45.5. The van der Waals surface area contributed by atoms with Gasteiger partial charge in [-0.25, -0.2) is 0 Å². The zero-order valence-corrected chi connectivity index (χ0v) is 38.7. The molecule has 312 valence electrons. The van der Waals surface area contributed by atoms with Gasteiger partial charge < -0.3 is 22.6 Å². The molecule has 0 aliphatic heterocycles. The summed E-state index contributed by atoms with van der Waals surface area (Å²) in [5, 5.41) is 0. The Bertz CT molecular complexity index is 2470. The molecule has 0 N–H and O–H groups in total. The Morgan fingerprint density at radius 3 is 0.952 bits per heavy atom. The molecule has 0 unspecified atom stereocenters. The quantitative estimate of drug-likeness (QED) is 0.0615. The maximum Gasteiger partial charge on any atom is 0.0410 e.